The quantitative estimate of drug-likeness (QED) is 0.438. The summed E-state index contributed by atoms with van der Waals surface area (Å²) in [6.45, 7) is 0. The molecule has 0 amide bonds. The number of benzene rings is 2. The second kappa shape index (κ2) is 9.66. The van der Waals surface area contributed by atoms with E-state index >= 15 is 0 Å². The number of unbranched alkanes of at least 4 members (excludes halogenated alkanes) is 2. The molecule has 0 N–H and O–H groups in total. The zero-order valence-electron chi connectivity index (χ0n) is 13.8. The lowest BCUT2D eigenvalue weighted by molar-refractivity contribution is 0.107. The van der Waals surface area contributed by atoms with E-state index in [0.717, 1.165) is 25.7 Å². The van der Waals surface area contributed by atoms with Crippen molar-refractivity contribution in [2.75, 3.05) is 13.3 Å². The lowest BCUT2D eigenvalue weighted by atomic mass is 10.1. The van der Waals surface area contributed by atoms with Crippen LogP contribution in [0.25, 0.3) is 0 Å². The summed E-state index contributed by atoms with van der Waals surface area (Å²) in [6, 6.07) is 15.2. The Bertz CT molecular complexity index is 701. The van der Waals surface area contributed by atoms with Crippen molar-refractivity contribution in [3.8, 4) is 5.75 Å². The first-order valence-electron chi connectivity index (χ1n) is 8.07. The largest absolute Gasteiger partial charge is 0.494 e. The Labute approximate surface area is 148 Å². The standard InChI is InChI=1S/C19H22ClO3P/c1-23-18-16(12-8-13-17(18)20)19(21)24(22)14-7-3-6-11-15-9-4-2-5-10-15/h2,4-5,8-10,12-13,24H,3,6-7,11,14H2,1H3. The molecule has 0 radical (unpaired) electrons. The number of ether oxygens (including phenoxy) is 1. The van der Waals surface area contributed by atoms with Gasteiger partial charge >= 0.3 is 0 Å². The smallest absolute Gasteiger partial charge is 0.222 e. The van der Waals surface area contributed by atoms with E-state index in [0.29, 0.717) is 22.5 Å². The van der Waals surface area contributed by atoms with Gasteiger partial charge in [-0.1, -0.05) is 54.4 Å². The number of hydrogen-bond acceptors (Lipinski definition) is 3. The first-order chi connectivity index (χ1) is 11.6. The van der Waals surface area contributed by atoms with Crippen molar-refractivity contribution >= 4 is 24.9 Å². The first-order valence-corrected chi connectivity index (χ1v) is 10.1. The third-order valence-electron chi connectivity index (χ3n) is 3.88. The molecule has 5 heteroatoms. The highest BCUT2D eigenvalue weighted by Gasteiger charge is 2.19. The zero-order valence-corrected chi connectivity index (χ0v) is 15.5. The Morgan fingerprint density at radius 2 is 1.79 bits per heavy atom. The molecule has 0 aliphatic rings. The molecule has 0 aromatic heterocycles. The first kappa shape index (κ1) is 18.8. The molecule has 0 aliphatic heterocycles. The Morgan fingerprint density at radius 1 is 1.04 bits per heavy atom. The Hall–Kier alpha value is -1.57. The highest BCUT2D eigenvalue weighted by molar-refractivity contribution is 7.64. The van der Waals surface area contributed by atoms with Crippen molar-refractivity contribution in [3.63, 3.8) is 0 Å². The highest BCUT2D eigenvalue weighted by Crippen LogP contribution is 2.36. The number of carbonyl (C=O) groups excluding carboxylic acids is 1. The van der Waals surface area contributed by atoms with E-state index < -0.39 is 7.80 Å². The molecule has 0 bridgehead atoms. The molecule has 24 heavy (non-hydrogen) atoms. The zero-order chi connectivity index (χ0) is 17.4. The third-order valence-corrected chi connectivity index (χ3v) is 5.76. The number of aryl methyl sites for hydroxylation is 1. The van der Waals surface area contributed by atoms with Gasteiger partial charge in [0.15, 0.2) is 0 Å². The number of methoxy groups -OCH3 is 1. The summed E-state index contributed by atoms with van der Waals surface area (Å²) >= 11 is 6.01. The average molecular weight is 365 g/mol. The SMILES string of the molecule is COc1c(Cl)cccc1C(=O)[PH](=O)CCCCCc1ccccc1. The second-order valence-corrected chi connectivity index (χ2v) is 7.83. The van der Waals surface area contributed by atoms with Crippen LogP contribution in [0.3, 0.4) is 0 Å². The second-order valence-electron chi connectivity index (χ2n) is 5.62. The maximum atomic E-state index is 12.4. The normalized spacial score (nSPS) is 11.9. The molecule has 3 nitrogen and oxygen atoms in total. The monoisotopic (exact) mass is 364 g/mol. The Kier molecular flexibility index (Phi) is 7.55. The van der Waals surface area contributed by atoms with E-state index in [2.05, 4.69) is 12.1 Å². The van der Waals surface area contributed by atoms with Crippen LogP contribution >= 0.6 is 19.4 Å². The fourth-order valence-electron chi connectivity index (χ4n) is 2.59. The molecule has 2 aromatic carbocycles. The molecule has 1 unspecified atom stereocenters. The van der Waals surface area contributed by atoms with Gasteiger partial charge in [0.25, 0.3) is 0 Å². The summed E-state index contributed by atoms with van der Waals surface area (Å²) < 4.78 is 17.5. The van der Waals surface area contributed by atoms with Gasteiger partial charge in [0.05, 0.1) is 17.7 Å². The molecule has 1 atom stereocenters. The van der Waals surface area contributed by atoms with Gasteiger partial charge in [-0.2, -0.15) is 0 Å². The van der Waals surface area contributed by atoms with E-state index in [1.54, 1.807) is 18.2 Å². The van der Waals surface area contributed by atoms with Crippen LogP contribution in [0.4, 0.5) is 0 Å². The van der Waals surface area contributed by atoms with Crippen molar-refractivity contribution in [1.82, 2.24) is 0 Å². The fourth-order valence-corrected chi connectivity index (χ4v) is 4.14. The van der Waals surface area contributed by atoms with Crippen molar-refractivity contribution in [2.24, 2.45) is 0 Å². The molecule has 2 aromatic rings. The number of para-hydroxylation sites is 1. The van der Waals surface area contributed by atoms with Crippen LogP contribution in [0.1, 0.15) is 35.2 Å². The van der Waals surface area contributed by atoms with E-state index in [-0.39, 0.29) is 5.52 Å². The van der Waals surface area contributed by atoms with E-state index in [9.17, 15) is 9.36 Å². The molecule has 2 rings (SSSR count). The van der Waals surface area contributed by atoms with Crippen LogP contribution in [0, 0.1) is 0 Å². The van der Waals surface area contributed by atoms with Crippen LogP contribution in [0.15, 0.2) is 48.5 Å². The van der Waals surface area contributed by atoms with Crippen molar-refractivity contribution in [3.05, 3.63) is 64.7 Å². The van der Waals surface area contributed by atoms with Gasteiger partial charge in [-0.05, 0) is 37.0 Å². The van der Waals surface area contributed by atoms with Crippen molar-refractivity contribution in [1.29, 1.82) is 0 Å². The van der Waals surface area contributed by atoms with Gasteiger partial charge in [0.1, 0.15) is 13.6 Å². The fraction of sp³-hybridized carbons (Fsp3) is 0.316. The van der Waals surface area contributed by atoms with Gasteiger partial charge in [-0.25, -0.2) is 0 Å². The van der Waals surface area contributed by atoms with Crippen molar-refractivity contribution in [2.45, 2.75) is 25.7 Å². The number of carbonyl (C=O) groups is 1. The van der Waals surface area contributed by atoms with Gasteiger partial charge in [-0.15, -0.1) is 0 Å². The van der Waals surface area contributed by atoms with Crippen LogP contribution in [-0.2, 0) is 11.0 Å². The molecule has 0 fully saturated rings. The van der Waals surface area contributed by atoms with E-state index in [4.69, 9.17) is 16.3 Å². The van der Waals surface area contributed by atoms with Crippen LogP contribution in [-0.4, -0.2) is 18.8 Å². The van der Waals surface area contributed by atoms with Crippen LogP contribution in [0.2, 0.25) is 5.02 Å². The number of rotatable bonds is 9. The molecular weight excluding hydrogens is 343 g/mol. The number of halogens is 1. The summed E-state index contributed by atoms with van der Waals surface area (Å²) in [5.74, 6) is 0.312. The lowest BCUT2D eigenvalue weighted by Crippen LogP contribution is -2.00. The molecular formula is C19H22ClO3P. The van der Waals surface area contributed by atoms with Gasteiger partial charge in [0.2, 0.25) is 5.52 Å². The molecule has 0 aliphatic carbocycles. The van der Waals surface area contributed by atoms with Crippen molar-refractivity contribution < 1.29 is 14.1 Å². The van der Waals surface area contributed by atoms with Gasteiger partial charge in [0, 0.05) is 6.16 Å². The molecule has 0 heterocycles. The molecule has 0 saturated heterocycles. The van der Waals surface area contributed by atoms with Crippen LogP contribution < -0.4 is 4.74 Å². The Balaban J connectivity index is 1.80. The minimum atomic E-state index is -2.34. The van der Waals surface area contributed by atoms with Gasteiger partial charge in [-0.3, -0.25) is 4.79 Å². The maximum Gasteiger partial charge on any atom is 0.222 e. The summed E-state index contributed by atoms with van der Waals surface area (Å²) in [6.07, 6.45) is 4.24. The molecule has 128 valence electrons. The van der Waals surface area contributed by atoms with E-state index in [1.807, 2.05) is 18.2 Å². The molecule has 0 saturated carbocycles. The summed E-state index contributed by atoms with van der Waals surface area (Å²) in [4.78, 5) is 12.4. The topological polar surface area (TPSA) is 43.4 Å². The summed E-state index contributed by atoms with van der Waals surface area (Å²) in [5, 5.41) is 0.362. The lowest BCUT2D eigenvalue weighted by Gasteiger charge is -2.09. The summed E-state index contributed by atoms with van der Waals surface area (Å²) in [7, 11) is -0.883. The van der Waals surface area contributed by atoms with Gasteiger partial charge < -0.3 is 9.30 Å². The predicted molar refractivity (Wildman–Crippen MR) is 100 cm³/mol. The number of hydrogen-bond donors (Lipinski definition) is 0. The average Bonchev–Trinajstić information content (AvgIpc) is 2.61. The minimum absolute atomic E-state index is 0.312. The minimum Gasteiger partial charge on any atom is -0.494 e. The van der Waals surface area contributed by atoms with Crippen LogP contribution in [0.5, 0.6) is 5.75 Å². The third kappa shape index (κ3) is 5.22. The van der Waals surface area contributed by atoms with E-state index in [1.165, 1.54) is 12.7 Å². The maximum absolute atomic E-state index is 12.4. The predicted octanol–water partition coefficient (Wildman–Crippen LogP) is 5.46. The highest BCUT2D eigenvalue weighted by atomic mass is 35.5. The summed E-state index contributed by atoms with van der Waals surface area (Å²) in [5.41, 5.74) is 1.28. The Morgan fingerprint density at radius 3 is 2.50 bits per heavy atom. The molecule has 0 spiro atoms.